The highest BCUT2D eigenvalue weighted by atomic mass is 16.4. The van der Waals surface area contributed by atoms with Crippen molar-refractivity contribution in [1.29, 1.82) is 0 Å². The lowest BCUT2D eigenvalue weighted by atomic mass is 10.0. The summed E-state index contributed by atoms with van der Waals surface area (Å²) in [6, 6.07) is 6.96. The predicted molar refractivity (Wildman–Crippen MR) is 78.8 cm³/mol. The number of hydrogen-bond acceptors (Lipinski definition) is 2. The topological polar surface area (TPSA) is 66.4 Å². The summed E-state index contributed by atoms with van der Waals surface area (Å²) in [5.74, 6) is -0.439. The van der Waals surface area contributed by atoms with Gasteiger partial charge in [-0.2, -0.15) is 0 Å². The van der Waals surface area contributed by atoms with E-state index in [1.54, 1.807) is 24.3 Å². The van der Waals surface area contributed by atoms with Crippen molar-refractivity contribution in [3.8, 4) is 0 Å². The molecule has 2 N–H and O–H groups in total. The van der Waals surface area contributed by atoms with Crippen LogP contribution < -0.4 is 5.32 Å². The first kappa shape index (κ1) is 16.2. The summed E-state index contributed by atoms with van der Waals surface area (Å²) in [4.78, 5) is 22.9. The van der Waals surface area contributed by atoms with Gasteiger partial charge in [-0.1, -0.05) is 32.0 Å². The molecule has 0 spiro atoms. The molecule has 0 aliphatic carbocycles. The Morgan fingerprint density at radius 1 is 1.20 bits per heavy atom. The highest BCUT2D eigenvalue weighted by Crippen LogP contribution is 2.11. The molecule has 4 nitrogen and oxygen atoms in total. The lowest BCUT2D eigenvalue weighted by Gasteiger charge is -2.16. The first-order chi connectivity index (χ1) is 9.40. The van der Waals surface area contributed by atoms with E-state index in [9.17, 15) is 9.59 Å². The minimum absolute atomic E-state index is 0.0293. The third kappa shape index (κ3) is 5.43. The van der Waals surface area contributed by atoms with Gasteiger partial charge in [-0.3, -0.25) is 4.79 Å². The molecule has 0 heterocycles. The van der Waals surface area contributed by atoms with Crippen molar-refractivity contribution in [2.75, 3.05) is 0 Å². The molecule has 0 radical (unpaired) electrons. The van der Waals surface area contributed by atoms with Gasteiger partial charge in [0, 0.05) is 12.5 Å². The molecule has 1 atom stereocenters. The number of nitrogens with one attached hydrogen (secondary N) is 1. The molecule has 1 amide bonds. The third-order valence-corrected chi connectivity index (χ3v) is 3.10. The lowest BCUT2D eigenvalue weighted by Crippen LogP contribution is -2.33. The van der Waals surface area contributed by atoms with Crippen molar-refractivity contribution < 1.29 is 14.7 Å². The number of carbonyl (C=O) groups excluding carboxylic acids is 1. The van der Waals surface area contributed by atoms with E-state index in [-0.39, 0.29) is 17.5 Å². The van der Waals surface area contributed by atoms with Crippen molar-refractivity contribution in [2.45, 2.75) is 46.1 Å². The van der Waals surface area contributed by atoms with Crippen LogP contribution in [0.15, 0.2) is 24.3 Å². The molecule has 1 aromatic rings. The highest BCUT2D eigenvalue weighted by Gasteiger charge is 2.12. The second-order valence-electron chi connectivity index (χ2n) is 5.56. The molecule has 110 valence electrons. The van der Waals surface area contributed by atoms with Crippen LogP contribution >= 0.6 is 0 Å². The van der Waals surface area contributed by atoms with Crippen LogP contribution in [-0.4, -0.2) is 23.0 Å². The molecule has 0 aliphatic rings. The summed E-state index contributed by atoms with van der Waals surface area (Å²) < 4.78 is 0. The molecule has 4 heteroatoms. The number of carbonyl (C=O) groups is 2. The van der Waals surface area contributed by atoms with E-state index >= 15 is 0 Å². The summed E-state index contributed by atoms with van der Waals surface area (Å²) in [6.45, 7) is 6.22. The number of amides is 1. The van der Waals surface area contributed by atoms with Crippen LogP contribution in [0.4, 0.5) is 0 Å². The Bertz CT molecular complexity index is 469. The Kier molecular flexibility index (Phi) is 6.22. The van der Waals surface area contributed by atoms with Crippen molar-refractivity contribution in [2.24, 2.45) is 5.92 Å². The number of aryl methyl sites for hydroxylation is 1. The van der Waals surface area contributed by atoms with Gasteiger partial charge in [-0.15, -0.1) is 0 Å². The van der Waals surface area contributed by atoms with Crippen molar-refractivity contribution in [3.63, 3.8) is 0 Å². The molecule has 1 unspecified atom stereocenters. The molecule has 0 saturated carbocycles. The fraction of sp³-hybridized carbons (Fsp3) is 0.500. The number of aromatic carboxylic acids is 1. The van der Waals surface area contributed by atoms with Crippen molar-refractivity contribution in [3.05, 3.63) is 35.4 Å². The summed E-state index contributed by atoms with van der Waals surface area (Å²) in [5.41, 5.74) is 0.974. The minimum atomic E-state index is -0.950. The van der Waals surface area contributed by atoms with Gasteiger partial charge in [0.05, 0.1) is 5.56 Å². The third-order valence-electron chi connectivity index (χ3n) is 3.10. The quantitative estimate of drug-likeness (QED) is 0.805. The maximum Gasteiger partial charge on any atom is 0.335 e. The van der Waals surface area contributed by atoms with Gasteiger partial charge in [-0.25, -0.2) is 4.79 Å². The number of carboxylic acids is 1. The molecule has 20 heavy (non-hydrogen) atoms. The highest BCUT2D eigenvalue weighted by molar-refractivity contribution is 5.89. The van der Waals surface area contributed by atoms with Gasteiger partial charge in [0.25, 0.3) is 0 Å². The Labute approximate surface area is 120 Å². The van der Waals surface area contributed by atoms with Crippen LogP contribution in [0.5, 0.6) is 0 Å². The summed E-state index contributed by atoms with van der Waals surface area (Å²) in [6.07, 6.45) is 1.70. The Balaban J connectivity index is 2.51. The second kappa shape index (κ2) is 7.68. The first-order valence-corrected chi connectivity index (χ1v) is 7.00. The van der Waals surface area contributed by atoms with Crippen LogP contribution in [-0.2, 0) is 11.2 Å². The number of rotatable bonds is 7. The van der Waals surface area contributed by atoms with E-state index in [4.69, 9.17) is 5.11 Å². The number of carboxylic acid groups (broad SMARTS) is 1. The van der Waals surface area contributed by atoms with Gasteiger partial charge in [-0.05, 0) is 37.3 Å². The normalized spacial score (nSPS) is 12.2. The van der Waals surface area contributed by atoms with Gasteiger partial charge in [0.15, 0.2) is 0 Å². The standard InChI is InChI=1S/C16H23NO3/c1-11(2)10-12(3)17-15(18)9-8-13-6-4-5-7-14(13)16(19)20/h4-7,11-12H,8-10H2,1-3H3,(H,17,18)(H,19,20). The fourth-order valence-corrected chi connectivity index (χ4v) is 2.31. The monoisotopic (exact) mass is 277 g/mol. The first-order valence-electron chi connectivity index (χ1n) is 7.00. The van der Waals surface area contributed by atoms with Gasteiger partial charge in [0.1, 0.15) is 0 Å². The molecular weight excluding hydrogens is 254 g/mol. The zero-order chi connectivity index (χ0) is 15.1. The fourth-order valence-electron chi connectivity index (χ4n) is 2.31. The number of hydrogen-bond donors (Lipinski definition) is 2. The molecule has 0 aliphatic heterocycles. The maximum atomic E-state index is 11.8. The van der Waals surface area contributed by atoms with Crippen molar-refractivity contribution >= 4 is 11.9 Å². The Morgan fingerprint density at radius 3 is 2.45 bits per heavy atom. The Morgan fingerprint density at radius 2 is 1.85 bits per heavy atom. The van der Waals surface area contributed by atoms with E-state index in [0.717, 1.165) is 6.42 Å². The maximum absolute atomic E-state index is 11.8. The van der Waals surface area contributed by atoms with Crippen LogP contribution in [0.1, 0.15) is 49.5 Å². The molecule has 0 bridgehead atoms. The average molecular weight is 277 g/mol. The summed E-state index contributed by atoms with van der Waals surface area (Å²) >= 11 is 0. The zero-order valence-corrected chi connectivity index (χ0v) is 12.3. The number of benzene rings is 1. The van der Waals surface area contributed by atoms with Crippen LogP contribution in [0, 0.1) is 5.92 Å². The van der Waals surface area contributed by atoms with E-state index in [1.165, 1.54) is 0 Å². The second-order valence-corrected chi connectivity index (χ2v) is 5.56. The SMILES string of the molecule is CC(C)CC(C)NC(=O)CCc1ccccc1C(=O)O. The lowest BCUT2D eigenvalue weighted by molar-refractivity contribution is -0.121. The van der Waals surface area contributed by atoms with Gasteiger partial charge in [0.2, 0.25) is 5.91 Å². The molecular formula is C16H23NO3. The minimum Gasteiger partial charge on any atom is -0.478 e. The van der Waals surface area contributed by atoms with E-state index in [1.807, 2.05) is 6.92 Å². The van der Waals surface area contributed by atoms with Gasteiger partial charge >= 0.3 is 5.97 Å². The van der Waals surface area contributed by atoms with E-state index < -0.39 is 5.97 Å². The van der Waals surface area contributed by atoms with Gasteiger partial charge < -0.3 is 10.4 Å². The molecule has 0 fully saturated rings. The molecule has 1 rings (SSSR count). The average Bonchev–Trinajstić information content (AvgIpc) is 2.35. The van der Waals surface area contributed by atoms with E-state index in [2.05, 4.69) is 19.2 Å². The Hall–Kier alpha value is -1.84. The smallest absolute Gasteiger partial charge is 0.335 e. The van der Waals surface area contributed by atoms with Crippen LogP contribution in [0.25, 0.3) is 0 Å². The molecule has 0 saturated heterocycles. The van der Waals surface area contributed by atoms with Crippen LogP contribution in [0.2, 0.25) is 0 Å². The van der Waals surface area contributed by atoms with Crippen LogP contribution in [0.3, 0.4) is 0 Å². The summed E-state index contributed by atoms with van der Waals surface area (Å²) in [7, 11) is 0. The zero-order valence-electron chi connectivity index (χ0n) is 12.3. The largest absolute Gasteiger partial charge is 0.478 e. The van der Waals surface area contributed by atoms with E-state index in [0.29, 0.717) is 24.3 Å². The predicted octanol–water partition coefficient (Wildman–Crippen LogP) is 2.87. The molecule has 0 aromatic heterocycles. The summed E-state index contributed by atoms with van der Waals surface area (Å²) in [5, 5.41) is 12.0. The van der Waals surface area contributed by atoms with Crippen molar-refractivity contribution in [1.82, 2.24) is 5.32 Å². The molecule has 1 aromatic carbocycles.